The van der Waals surface area contributed by atoms with Crippen molar-refractivity contribution in [3.05, 3.63) is 68.7 Å². The van der Waals surface area contributed by atoms with E-state index in [-0.39, 0.29) is 17.7 Å². The smallest absolute Gasteiger partial charge is 0.211 e. The zero-order chi connectivity index (χ0) is 18.9. The van der Waals surface area contributed by atoms with E-state index in [1.54, 1.807) is 0 Å². The third kappa shape index (κ3) is 4.24. The number of fused-ring (bicyclic) bond motifs is 1. The highest BCUT2D eigenvalue weighted by molar-refractivity contribution is 7.89. The van der Waals surface area contributed by atoms with Gasteiger partial charge in [0, 0.05) is 12.0 Å². The Hall–Kier alpha value is -1.11. The van der Waals surface area contributed by atoms with Gasteiger partial charge in [0.1, 0.15) is 0 Å². The molecule has 0 radical (unpaired) electrons. The predicted octanol–water partition coefficient (Wildman–Crippen LogP) is 4.01. The van der Waals surface area contributed by atoms with Crippen LogP contribution in [0.25, 0.3) is 0 Å². The molecule has 0 bridgehead atoms. The van der Waals surface area contributed by atoms with Crippen LogP contribution in [0.4, 0.5) is 0 Å². The Balaban J connectivity index is 1.95. The second-order valence-electron chi connectivity index (χ2n) is 6.65. The molecule has 2 aromatic carbocycles. The van der Waals surface area contributed by atoms with E-state index in [1.807, 2.05) is 30.3 Å². The summed E-state index contributed by atoms with van der Waals surface area (Å²) in [4.78, 5) is 0. The summed E-state index contributed by atoms with van der Waals surface area (Å²) < 4.78 is 25.8. The van der Waals surface area contributed by atoms with Crippen LogP contribution in [0.2, 0.25) is 10.0 Å². The summed E-state index contributed by atoms with van der Waals surface area (Å²) in [6, 6.07) is 11.8. The van der Waals surface area contributed by atoms with Gasteiger partial charge in [-0.3, -0.25) is 0 Å². The largest absolute Gasteiger partial charge is 0.324 e. The van der Waals surface area contributed by atoms with Gasteiger partial charge in [0.05, 0.1) is 15.8 Å². The Kier molecular flexibility index (Phi) is 5.94. The van der Waals surface area contributed by atoms with E-state index >= 15 is 0 Å². The normalized spacial score (nSPS) is 20.0. The van der Waals surface area contributed by atoms with E-state index in [1.165, 1.54) is 7.05 Å². The number of aryl methyl sites for hydroxylation is 1. The molecule has 0 fully saturated rings. The lowest BCUT2D eigenvalue weighted by molar-refractivity contribution is 0.529. The lowest BCUT2D eigenvalue weighted by Crippen LogP contribution is -2.24. The highest BCUT2D eigenvalue weighted by atomic mass is 35.5. The molecule has 7 heteroatoms. The summed E-state index contributed by atoms with van der Waals surface area (Å²) in [7, 11) is -1.80. The maximum atomic E-state index is 11.7. The van der Waals surface area contributed by atoms with E-state index in [0.717, 1.165) is 35.1 Å². The molecule has 0 amide bonds. The quantitative estimate of drug-likeness (QED) is 0.778. The highest BCUT2D eigenvalue weighted by Crippen LogP contribution is 2.42. The molecular weight excluding hydrogens is 391 g/mol. The number of nitrogens with two attached hydrogens (primary N) is 1. The van der Waals surface area contributed by atoms with E-state index in [0.29, 0.717) is 16.5 Å². The number of nitrogens with one attached hydrogen (secondary N) is 1. The molecular formula is C19H22Cl2N2O2S. The molecule has 2 atom stereocenters. The van der Waals surface area contributed by atoms with Crippen LogP contribution in [-0.4, -0.2) is 21.2 Å². The Bertz CT molecular complexity index is 916. The zero-order valence-corrected chi connectivity index (χ0v) is 16.8. The second kappa shape index (κ2) is 7.87. The molecule has 3 N–H and O–H groups in total. The molecule has 140 valence electrons. The van der Waals surface area contributed by atoms with Crippen molar-refractivity contribution in [1.82, 2.24) is 4.72 Å². The van der Waals surface area contributed by atoms with Gasteiger partial charge in [-0.25, -0.2) is 13.1 Å². The number of rotatable bonds is 5. The minimum absolute atomic E-state index is 0.000821. The SMILES string of the molecule is CNS(=O)(=O)CCc1ccc2c(c1)[C@H](c1ccc(Cl)c(Cl)c1)CCC2N. The zero-order valence-electron chi connectivity index (χ0n) is 14.5. The average Bonchev–Trinajstić information content (AvgIpc) is 2.63. The first-order valence-electron chi connectivity index (χ1n) is 8.55. The molecule has 0 saturated heterocycles. The number of hydrogen-bond donors (Lipinski definition) is 2. The fraction of sp³-hybridized carbons (Fsp3) is 0.368. The predicted molar refractivity (Wildman–Crippen MR) is 107 cm³/mol. The van der Waals surface area contributed by atoms with Crippen molar-refractivity contribution in [2.45, 2.75) is 31.2 Å². The van der Waals surface area contributed by atoms with Crippen LogP contribution in [0.15, 0.2) is 36.4 Å². The van der Waals surface area contributed by atoms with Crippen LogP contribution in [0.3, 0.4) is 0 Å². The molecule has 0 saturated carbocycles. The van der Waals surface area contributed by atoms with Crippen LogP contribution < -0.4 is 10.5 Å². The first-order valence-corrected chi connectivity index (χ1v) is 11.0. The standard InChI is InChI=1S/C19H22Cl2N2O2S/c1-23-26(24,25)9-8-12-2-4-15-16(10-12)14(5-7-19(15)22)13-3-6-17(20)18(21)11-13/h2-4,6,10-11,14,19,23H,5,7-9,22H2,1H3/t14-,19?/m0/s1. The summed E-state index contributed by atoms with van der Waals surface area (Å²) >= 11 is 12.3. The molecule has 0 aromatic heterocycles. The number of sulfonamides is 1. The third-order valence-corrected chi connectivity index (χ3v) is 7.11. The first-order chi connectivity index (χ1) is 12.3. The molecule has 0 heterocycles. The molecule has 1 unspecified atom stereocenters. The van der Waals surface area contributed by atoms with Gasteiger partial charge >= 0.3 is 0 Å². The number of benzene rings is 2. The molecule has 1 aliphatic rings. The topological polar surface area (TPSA) is 72.2 Å². The first kappa shape index (κ1) is 19.6. The van der Waals surface area contributed by atoms with Crippen LogP contribution in [-0.2, 0) is 16.4 Å². The molecule has 4 nitrogen and oxygen atoms in total. The van der Waals surface area contributed by atoms with Crippen LogP contribution in [0, 0.1) is 0 Å². The summed E-state index contributed by atoms with van der Waals surface area (Å²) in [6.45, 7) is 0. The van der Waals surface area contributed by atoms with Gasteiger partial charge in [-0.1, -0.05) is 47.5 Å². The maximum absolute atomic E-state index is 11.7. The lowest BCUT2D eigenvalue weighted by atomic mass is 9.76. The minimum Gasteiger partial charge on any atom is -0.324 e. The Morgan fingerprint density at radius 2 is 1.85 bits per heavy atom. The van der Waals surface area contributed by atoms with Gasteiger partial charge in [0.2, 0.25) is 10.0 Å². The van der Waals surface area contributed by atoms with Gasteiger partial charge in [-0.15, -0.1) is 0 Å². The molecule has 0 aliphatic heterocycles. The van der Waals surface area contributed by atoms with Gasteiger partial charge in [0.15, 0.2) is 0 Å². The van der Waals surface area contributed by atoms with Crippen molar-refractivity contribution in [3.8, 4) is 0 Å². The summed E-state index contributed by atoms with van der Waals surface area (Å²) in [5.41, 5.74) is 10.7. The van der Waals surface area contributed by atoms with Gasteiger partial charge in [-0.2, -0.15) is 0 Å². The number of halogens is 2. The average molecular weight is 413 g/mol. The Labute approximate surface area is 164 Å². The van der Waals surface area contributed by atoms with Gasteiger partial charge in [-0.05, 0) is 60.7 Å². The number of hydrogen-bond acceptors (Lipinski definition) is 3. The second-order valence-corrected chi connectivity index (χ2v) is 9.51. The molecule has 3 rings (SSSR count). The van der Waals surface area contributed by atoms with E-state index in [4.69, 9.17) is 28.9 Å². The van der Waals surface area contributed by atoms with E-state index in [2.05, 4.69) is 10.8 Å². The van der Waals surface area contributed by atoms with Crippen molar-refractivity contribution in [3.63, 3.8) is 0 Å². The molecule has 1 aliphatic carbocycles. The van der Waals surface area contributed by atoms with Crippen molar-refractivity contribution >= 4 is 33.2 Å². The molecule has 2 aromatic rings. The van der Waals surface area contributed by atoms with E-state index < -0.39 is 10.0 Å². The van der Waals surface area contributed by atoms with Gasteiger partial charge in [0.25, 0.3) is 0 Å². The van der Waals surface area contributed by atoms with Gasteiger partial charge < -0.3 is 5.73 Å². The highest BCUT2D eigenvalue weighted by Gasteiger charge is 2.27. The van der Waals surface area contributed by atoms with Crippen molar-refractivity contribution in [1.29, 1.82) is 0 Å². The summed E-state index contributed by atoms with van der Waals surface area (Å²) in [5.74, 6) is 0.242. The fourth-order valence-corrected chi connectivity index (χ4v) is 4.52. The third-order valence-electron chi connectivity index (χ3n) is 5.01. The van der Waals surface area contributed by atoms with Crippen LogP contribution >= 0.6 is 23.2 Å². The summed E-state index contributed by atoms with van der Waals surface area (Å²) in [6.07, 6.45) is 2.27. The molecule has 0 spiro atoms. The molecule has 26 heavy (non-hydrogen) atoms. The lowest BCUT2D eigenvalue weighted by Gasteiger charge is -2.31. The van der Waals surface area contributed by atoms with Crippen LogP contribution in [0.1, 0.15) is 47.1 Å². The van der Waals surface area contributed by atoms with E-state index in [9.17, 15) is 8.42 Å². The fourth-order valence-electron chi connectivity index (χ4n) is 3.51. The monoisotopic (exact) mass is 412 g/mol. The van der Waals surface area contributed by atoms with Crippen molar-refractivity contribution in [2.24, 2.45) is 5.73 Å². The van der Waals surface area contributed by atoms with Crippen molar-refractivity contribution in [2.75, 3.05) is 12.8 Å². The summed E-state index contributed by atoms with van der Waals surface area (Å²) in [5, 5.41) is 1.08. The van der Waals surface area contributed by atoms with Crippen molar-refractivity contribution < 1.29 is 8.42 Å². The Morgan fingerprint density at radius 3 is 2.54 bits per heavy atom. The van der Waals surface area contributed by atoms with Crippen LogP contribution in [0.5, 0.6) is 0 Å². The Morgan fingerprint density at radius 1 is 1.08 bits per heavy atom. The minimum atomic E-state index is -3.23. The maximum Gasteiger partial charge on any atom is 0.211 e.